The summed E-state index contributed by atoms with van der Waals surface area (Å²) in [4.78, 5) is 11.8. The number of nitrogens with zero attached hydrogens (tertiary/aromatic N) is 3. The molecule has 0 unspecified atom stereocenters. The van der Waals surface area contributed by atoms with Crippen LogP contribution >= 0.6 is 0 Å². The second-order valence-corrected chi connectivity index (χ2v) is 3.76. The summed E-state index contributed by atoms with van der Waals surface area (Å²) in [6.45, 7) is 0. The van der Waals surface area contributed by atoms with Gasteiger partial charge in [0, 0.05) is 0 Å². The van der Waals surface area contributed by atoms with Gasteiger partial charge in [-0.25, -0.2) is 0 Å². The number of rotatable bonds is 4. The van der Waals surface area contributed by atoms with E-state index in [1.54, 1.807) is 12.1 Å². The van der Waals surface area contributed by atoms with Gasteiger partial charge in [-0.3, -0.25) is 0 Å². The molecule has 2 rings (SSSR count). The van der Waals surface area contributed by atoms with Crippen molar-refractivity contribution in [3.8, 4) is 28.6 Å². The van der Waals surface area contributed by atoms with Crippen molar-refractivity contribution in [2.24, 2.45) is 0 Å². The highest BCUT2D eigenvalue weighted by Crippen LogP contribution is 2.43. The molecule has 20 heavy (non-hydrogen) atoms. The first-order valence-electron chi connectivity index (χ1n) is 5.67. The monoisotopic (exact) mass is 277 g/mol. The molecule has 0 saturated carbocycles. The van der Waals surface area contributed by atoms with Crippen molar-refractivity contribution in [2.75, 3.05) is 32.8 Å². The number of benzene rings is 1. The minimum Gasteiger partial charge on any atom is -0.493 e. The predicted octanol–water partition coefficient (Wildman–Crippen LogP) is 0.729. The van der Waals surface area contributed by atoms with E-state index in [4.69, 9.17) is 25.7 Å². The number of nitrogen functional groups attached to an aromatic ring is 2. The maximum atomic E-state index is 5.58. The van der Waals surface area contributed by atoms with E-state index in [2.05, 4.69) is 15.0 Å². The summed E-state index contributed by atoms with van der Waals surface area (Å²) in [7, 11) is 4.56. The fourth-order valence-electron chi connectivity index (χ4n) is 1.81. The third-order valence-corrected chi connectivity index (χ3v) is 2.62. The third kappa shape index (κ3) is 2.35. The molecule has 0 spiro atoms. The normalized spacial score (nSPS) is 10.2. The Balaban J connectivity index is 2.67. The Bertz CT molecular complexity index is 612. The number of hydrogen-bond donors (Lipinski definition) is 2. The molecule has 8 heteroatoms. The molecule has 0 fully saturated rings. The lowest BCUT2D eigenvalue weighted by Gasteiger charge is -2.15. The lowest BCUT2D eigenvalue weighted by molar-refractivity contribution is 0.325. The summed E-state index contributed by atoms with van der Waals surface area (Å²) in [5, 5.41) is 0. The second-order valence-electron chi connectivity index (χ2n) is 3.76. The van der Waals surface area contributed by atoms with Crippen molar-refractivity contribution in [3.05, 3.63) is 12.1 Å². The summed E-state index contributed by atoms with van der Waals surface area (Å²) in [6, 6.07) is 3.45. The standard InChI is InChI=1S/C12H15N5O3/c1-18-7-5-4-6(8(19-2)9(7)20-3)10-15-11(13)17-12(14)16-10/h4-5H,1-3H3,(H4,13,14,15,16,17). The van der Waals surface area contributed by atoms with Gasteiger partial charge in [0.05, 0.1) is 26.9 Å². The van der Waals surface area contributed by atoms with E-state index < -0.39 is 0 Å². The van der Waals surface area contributed by atoms with Crippen LogP contribution in [0.1, 0.15) is 0 Å². The summed E-state index contributed by atoms with van der Waals surface area (Å²) in [5.74, 6) is 1.76. The van der Waals surface area contributed by atoms with E-state index in [0.29, 0.717) is 28.6 Å². The van der Waals surface area contributed by atoms with Crippen LogP contribution in [0.2, 0.25) is 0 Å². The zero-order chi connectivity index (χ0) is 14.7. The minimum atomic E-state index is 0.0318. The maximum absolute atomic E-state index is 5.58. The van der Waals surface area contributed by atoms with Crippen LogP contribution in [0.3, 0.4) is 0 Å². The van der Waals surface area contributed by atoms with Crippen LogP contribution in [0.25, 0.3) is 11.4 Å². The lowest BCUT2D eigenvalue weighted by atomic mass is 10.1. The van der Waals surface area contributed by atoms with Crippen LogP contribution in [0.5, 0.6) is 17.2 Å². The lowest BCUT2D eigenvalue weighted by Crippen LogP contribution is -2.05. The Morgan fingerprint density at radius 3 is 1.90 bits per heavy atom. The molecule has 0 aliphatic carbocycles. The molecule has 0 atom stereocenters. The van der Waals surface area contributed by atoms with Crippen LogP contribution in [0, 0.1) is 0 Å². The third-order valence-electron chi connectivity index (χ3n) is 2.62. The Morgan fingerprint density at radius 1 is 0.800 bits per heavy atom. The smallest absolute Gasteiger partial charge is 0.225 e. The largest absolute Gasteiger partial charge is 0.493 e. The zero-order valence-corrected chi connectivity index (χ0v) is 11.4. The fourth-order valence-corrected chi connectivity index (χ4v) is 1.81. The number of anilines is 2. The van der Waals surface area contributed by atoms with Gasteiger partial charge in [-0.15, -0.1) is 0 Å². The van der Waals surface area contributed by atoms with Crippen molar-refractivity contribution in [3.63, 3.8) is 0 Å². The number of nitrogens with two attached hydrogens (primary N) is 2. The van der Waals surface area contributed by atoms with Crippen LogP contribution in [-0.2, 0) is 0 Å². The Kier molecular flexibility index (Phi) is 3.74. The van der Waals surface area contributed by atoms with Gasteiger partial charge in [0.1, 0.15) is 0 Å². The summed E-state index contributed by atoms with van der Waals surface area (Å²) < 4.78 is 15.9. The molecule has 0 aliphatic heterocycles. The van der Waals surface area contributed by atoms with E-state index >= 15 is 0 Å². The van der Waals surface area contributed by atoms with E-state index in [-0.39, 0.29) is 11.9 Å². The highest BCUT2D eigenvalue weighted by atomic mass is 16.5. The van der Waals surface area contributed by atoms with Gasteiger partial charge in [-0.1, -0.05) is 0 Å². The molecule has 0 bridgehead atoms. The van der Waals surface area contributed by atoms with Crippen molar-refractivity contribution >= 4 is 11.9 Å². The highest BCUT2D eigenvalue weighted by molar-refractivity contribution is 5.72. The zero-order valence-electron chi connectivity index (χ0n) is 11.4. The van der Waals surface area contributed by atoms with Crippen molar-refractivity contribution in [1.29, 1.82) is 0 Å². The summed E-state index contributed by atoms with van der Waals surface area (Å²) in [6.07, 6.45) is 0. The SMILES string of the molecule is COc1ccc(-c2nc(N)nc(N)n2)c(OC)c1OC. The van der Waals surface area contributed by atoms with Crippen LogP contribution in [-0.4, -0.2) is 36.3 Å². The Labute approximate surface area is 115 Å². The molecule has 0 radical (unpaired) electrons. The van der Waals surface area contributed by atoms with Gasteiger partial charge in [0.25, 0.3) is 0 Å². The topological polar surface area (TPSA) is 118 Å². The number of methoxy groups -OCH3 is 3. The Morgan fingerprint density at radius 2 is 1.40 bits per heavy atom. The number of aromatic nitrogens is 3. The van der Waals surface area contributed by atoms with Crippen molar-refractivity contribution in [2.45, 2.75) is 0 Å². The minimum absolute atomic E-state index is 0.0318. The summed E-state index contributed by atoms with van der Waals surface area (Å²) >= 11 is 0. The van der Waals surface area contributed by atoms with Gasteiger partial charge in [0.15, 0.2) is 17.3 Å². The van der Waals surface area contributed by atoms with E-state index in [0.717, 1.165) is 0 Å². The number of ether oxygens (including phenoxy) is 3. The fraction of sp³-hybridized carbons (Fsp3) is 0.250. The molecule has 1 heterocycles. The van der Waals surface area contributed by atoms with E-state index in [1.807, 2.05) is 0 Å². The van der Waals surface area contributed by atoms with Crippen LogP contribution in [0.15, 0.2) is 12.1 Å². The first-order valence-corrected chi connectivity index (χ1v) is 5.67. The first kappa shape index (κ1) is 13.7. The Hall–Kier alpha value is -2.77. The molecule has 0 aliphatic rings. The molecule has 106 valence electrons. The summed E-state index contributed by atoms with van der Waals surface area (Å²) in [5.41, 5.74) is 11.7. The van der Waals surface area contributed by atoms with Gasteiger partial charge in [0.2, 0.25) is 17.6 Å². The molecule has 1 aromatic heterocycles. The van der Waals surface area contributed by atoms with Crippen molar-refractivity contribution < 1.29 is 14.2 Å². The molecule has 2 aromatic rings. The molecule has 4 N–H and O–H groups in total. The van der Waals surface area contributed by atoms with Crippen molar-refractivity contribution in [1.82, 2.24) is 15.0 Å². The first-order chi connectivity index (χ1) is 9.60. The highest BCUT2D eigenvalue weighted by Gasteiger charge is 2.19. The maximum Gasteiger partial charge on any atom is 0.225 e. The van der Waals surface area contributed by atoms with Crippen LogP contribution < -0.4 is 25.7 Å². The molecule has 8 nitrogen and oxygen atoms in total. The molecule has 0 amide bonds. The van der Waals surface area contributed by atoms with Gasteiger partial charge in [-0.2, -0.15) is 15.0 Å². The molecule has 0 saturated heterocycles. The van der Waals surface area contributed by atoms with E-state index in [9.17, 15) is 0 Å². The average Bonchev–Trinajstić information content (AvgIpc) is 2.44. The van der Waals surface area contributed by atoms with Gasteiger partial charge < -0.3 is 25.7 Å². The average molecular weight is 277 g/mol. The van der Waals surface area contributed by atoms with Crippen LogP contribution in [0.4, 0.5) is 11.9 Å². The molecular weight excluding hydrogens is 262 g/mol. The second kappa shape index (κ2) is 5.47. The number of hydrogen-bond acceptors (Lipinski definition) is 8. The molecular formula is C12H15N5O3. The molecule has 1 aromatic carbocycles. The van der Waals surface area contributed by atoms with Gasteiger partial charge >= 0.3 is 0 Å². The predicted molar refractivity (Wildman–Crippen MR) is 73.7 cm³/mol. The quantitative estimate of drug-likeness (QED) is 0.839. The van der Waals surface area contributed by atoms with E-state index in [1.165, 1.54) is 21.3 Å². The van der Waals surface area contributed by atoms with Gasteiger partial charge in [-0.05, 0) is 12.1 Å².